The van der Waals surface area contributed by atoms with Crippen molar-refractivity contribution in [2.24, 2.45) is 0 Å². The highest BCUT2D eigenvalue weighted by Gasteiger charge is 2.47. The third-order valence-electron chi connectivity index (χ3n) is 15.7. The zero-order valence-corrected chi connectivity index (χ0v) is 39.2. The second kappa shape index (κ2) is 17.3. The lowest BCUT2D eigenvalue weighted by molar-refractivity contribution is 0.739. The fourth-order valence-corrected chi connectivity index (χ4v) is 12.4. The molecule has 0 radical (unpaired) electrons. The molecule has 332 valence electrons. The summed E-state index contributed by atoms with van der Waals surface area (Å²) in [6, 6.07) is 95.0. The summed E-state index contributed by atoms with van der Waals surface area (Å²) in [5.74, 6) is 0. The Bertz CT molecular complexity index is 3260. The van der Waals surface area contributed by atoms with Crippen LogP contribution in [0.15, 0.2) is 266 Å². The van der Waals surface area contributed by atoms with Crippen molar-refractivity contribution in [2.75, 3.05) is 0 Å². The average Bonchev–Trinajstić information content (AvgIpc) is 3.91. The number of benzene rings is 10. The van der Waals surface area contributed by atoms with Crippen LogP contribution in [0, 0.1) is 0 Å². The molecule has 0 N–H and O–H groups in total. The molecule has 70 heavy (non-hydrogen) atoms. The Kier molecular flexibility index (Phi) is 10.4. The molecule has 0 heterocycles. The maximum Gasteiger partial charge on any atom is 0.0713 e. The van der Waals surface area contributed by atoms with Gasteiger partial charge < -0.3 is 0 Å². The first-order valence-corrected chi connectivity index (χ1v) is 25.0. The molecule has 3 aliphatic rings. The molecule has 0 heteroatoms. The fourth-order valence-electron chi connectivity index (χ4n) is 12.4. The van der Waals surface area contributed by atoms with Crippen LogP contribution in [0.1, 0.15) is 81.3 Å². The summed E-state index contributed by atoms with van der Waals surface area (Å²) in [5, 5.41) is 0. The molecule has 10 aromatic carbocycles. The number of rotatable bonds is 8. The Morgan fingerprint density at radius 1 is 0.243 bits per heavy atom. The van der Waals surface area contributed by atoms with Crippen LogP contribution in [-0.2, 0) is 10.8 Å². The number of allylic oxidation sites excluding steroid dienone is 2. The highest BCUT2D eigenvalue weighted by molar-refractivity contribution is 5.90. The van der Waals surface area contributed by atoms with Crippen LogP contribution in [0.5, 0.6) is 0 Å². The highest BCUT2D eigenvalue weighted by Crippen LogP contribution is 2.58. The standard InChI is InChI=1S/C70H52/c1-5-17-57(18-6-1)69(58-19-7-2-8-20-58)65-27-15-13-25-61(65)63-43-41-55(47-67(63)69)53-37-33-51(34-38-53)45-49-29-31-50(32-30-49)46-52-35-39-54(40-36-52)56-42-44-64-62-26-14-16-28-66(62)70(68(64)48-56,59-21-9-3-10-22-59)60-23-11-4-12-24-60/h1-28,33-48H,29-32H2. The third-order valence-corrected chi connectivity index (χ3v) is 15.7. The van der Waals surface area contributed by atoms with Gasteiger partial charge in [0.25, 0.3) is 0 Å². The van der Waals surface area contributed by atoms with Gasteiger partial charge >= 0.3 is 0 Å². The van der Waals surface area contributed by atoms with E-state index in [9.17, 15) is 0 Å². The summed E-state index contributed by atoms with van der Waals surface area (Å²) in [6.45, 7) is 0. The summed E-state index contributed by atoms with van der Waals surface area (Å²) in [6.07, 6.45) is 9.26. The maximum absolute atomic E-state index is 2.46. The molecule has 0 amide bonds. The largest absolute Gasteiger partial charge is 0.0713 e. The fraction of sp³-hybridized carbons (Fsp3) is 0.0857. The molecule has 0 saturated heterocycles. The molecule has 0 unspecified atom stereocenters. The first kappa shape index (κ1) is 41.8. The lowest BCUT2D eigenvalue weighted by atomic mass is 9.67. The molecule has 0 spiro atoms. The molecule has 0 nitrogen and oxygen atoms in total. The summed E-state index contributed by atoms with van der Waals surface area (Å²) in [7, 11) is 0. The minimum Gasteiger partial charge on any atom is -0.0690 e. The van der Waals surface area contributed by atoms with E-state index in [1.807, 2.05) is 0 Å². The molecule has 13 rings (SSSR count). The molecule has 0 bridgehead atoms. The van der Waals surface area contributed by atoms with Crippen molar-refractivity contribution in [3.63, 3.8) is 0 Å². The first-order valence-electron chi connectivity index (χ1n) is 25.0. The zero-order valence-electron chi connectivity index (χ0n) is 39.2. The van der Waals surface area contributed by atoms with E-state index in [4.69, 9.17) is 0 Å². The summed E-state index contributed by atoms with van der Waals surface area (Å²) in [5.41, 5.74) is 25.6. The van der Waals surface area contributed by atoms with Gasteiger partial charge in [-0.3, -0.25) is 0 Å². The molecular formula is C70H52. The van der Waals surface area contributed by atoms with Gasteiger partial charge in [-0.25, -0.2) is 0 Å². The summed E-state index contributed by atoms with van der Waals surface area (Å²) in [4.78, 5) is 0. The third kappa shape index (κ3) is 6.81. The van der Waals surface area contributed by atoms with Crippen LogP contribution in [0.2, 0.25) is 0 Å². The van der Waals surface area contributed by atoms with E-state index < -0.39 is 10.8 Å². The maximum atomic E-state index is 2.46. The Morgan fingerprint density at radius 3 is 0.871 bits per heavy atom. The van der Waals surface area contributed by atoms with Crippen LogP contribution in [0.3, 0.4) is 0 Å². The van der Waals surface area contributed by atoms with Crippen molar-refractivity contribution in [3.8, 4) is 44.5 Å². The van der Waals surface area contributed by atoms with Gasteiger partial charge in [0, 0.05) is 0 Å². The predicted molar refractivity (Wildman–Crippen MR) is 293 cm³/mol. The van der Waals surface area contributed by atoms with E-state index in [2.05, 4.69) is 267 Å². The van der Waals surface area contributed by atoms with E-state index >= 15 is 0 Å². The Morgan fingerprint density at radius 2 is 0.529 bits per heavy atom. The van der Waals surface area contributed by atoms with E-state index in [1.54, 1.807) is 0 Å². The molecule has 0 aromatic heterocycles. The van der Waals surface area contributed by atoms with Gasteiger partial charge in [0.15, 0.2) is 0 Å². The van der Waals surface area contributed by atoms with E-state index in [0.717, 1.165) is 25.7 Å². The Balaban J connectivity index is 0.733. The van der Waals surface area contributed by atoms with Crippen molar-refractivity contribution in [1.29, 1.82) is 0 Å². The monoisotopic (exact) mass is 892 g/mol. The number of fused-ring (bicyclic) bond motifs is 6. The summed E-state index contributed by atoms with van der Waals surface area (Å²) >= 11 is 0. The van der Waals surface area contributed by atoms with Crippen LogP contribution >= 0.6 is 0 Å². The molecule has 1 saturated carbocycles. The van der Waals surface area contributed by atoms with Crippen molar-refractivity contribution in [3.05, 3.63) is 322 Å². The normalized spacial score (nSPS) is 14.8. The summed E-state index contributed by atoms with van der Waals surface area (Å²) < 4.78 is 0. The van der Waals surface area contributed by atoms with Crippen molar-refractivity contribution >= 4 is 12.2 Å². The lowest BCUT2D eigenvalue weighted by Gasteiger charge is -2.34. The minimum absolute atomic E-state index is 0.399. The molecule has 10 aromatic rings. The number of hydrogen-bond donors (Lipinski definition) is 0. The van der Waals surface area contributed by atoms with E-state index in [1.165, 1.54) is 111 Å². The van der Waals surface area contributed by atoms with Crippen molar-refractivity contribution in [2.45, 2.75) is 36.5 Å². The van der Waals surface area contributed by atoms with Crippen LogP contribution in [-0.4, -0.2) is 0 Å². The van der Waals surface area contributed by atoms with Gasteiger partial charge in [0.05, 0.1) is 10.8 Å². The average molecular weight is 893 g/mol. The topological polar surface area (TPSA) is 0 Å². The smallest absolute Gasteiger partial charge is 0.0690 e. The van der Waals surface area contributed by atoms with Gasteiger partial charge in [0.1, 0.15) is 0 Å². The van der Waals surface area contributed by atoms with E-state index in [-0.39, 0.29) is 0 Å². The van der Waals surface area contributed by atoms with Crippen molar-refractivity contribution < 1.29 is 0 Å². The van der Waals surface area contributed by atoms with Crippen LogP contribution < -0.4 is 0 Å². The molecular weight excluding hydrogens is 841 g/mol. The second-order valence-corrected chi connectivity index (χ2v) is 19.4. The molecule has 1 fully saturated rings. The van der Waals surface area contributed by atoms with Crippen molar-refractivity contribution in [1.82, 2.24) is 0 Å². The molecule has 3 aliphatic carbocycles. The van der Waals surface area contributed by atoms with Gasteiger partial charge in [-0.2, -0.15) is 0 Å². The van der Waals surface area contributed by atoms with Crippen LogP contribution in [0.4, 0.5) is 0 Å². The van der Waals surface area contributed by atoms with Gasteiger partial charge in [-0.1, -0.05) is 266 Å². The molecule has 0 aliphatic heterocycles. The Hall–Kier alpha value is -8.32. The predicted octanol–water partition coefficient (Wildman–Crippen LogP) is 17.8. The Labute approximate surface area is 412 Å². The van der Waals surface area contributed by atoms with Gasteiger partial charge in [0.2, 0.25) is 0 Å². The minimum atomic E-state index is -0.399. The van der Waals surface area contributed by atoms with Crippen LogP contribution in [0.25, 0.3) is 56.7 Å². The quantitative estimate of drug-likeness (QED) is 0.143. The lowest BCUT2D eigenvalue weighted by Crippen LogP contribution is -2.28. The SMILES string of the molecule is C(=C1CCC(=Cc2ccc(-c3ccc4c(c3)C(c3ccccc3)(c3ccccc3)c3ccccc3-4)cc2)CC1)c1ccc(-c2ccc3c(c2)C(c2ccccc2)(c2ccccc2)c2ccccc2-3)cc1. The number of hydrogen-bond acceptors (Lipinski definition) is 0. The van der Waals surface area contributed by atoms with Gasteiger partial charge in [-0.15, -0.1) is 0 Å². The highest BCUT2D eigenvalue weighted by atomic mass is 14.5. The van der Waals surface area contributed by atoms with Gasteiger partial charge in [-0.05, 0) is 138 Å². The second-order valence-electron chi connectivity index (χ2n) is 19.4. The molecule has 0 atom stereocenters. The van der Waals surface area contributed by atoms with E-state index in [0.29, 0.717) is 0 Å². The zero-order chi connectivity index (χ0) is 46.5. The first-order chi connectivity index (χ1) is 34.7.